The van der Waals surface area contributed by atoms with Crippen molar-refractivity contribution in [1.29, 1.82) is 0 Å². The fourth-order valence-electron chi connectivity index (χ4n) is 1.29. The molecule has 6 nitrogen and oxygen atoms in total. The van der Waals surface area contributed by atoms with Crippen molar-refractivity contribution in [1.82, 2.24) is 20.0 Å². The minimum Gasteiger partial charge on any atom is -0.290 e. The summed E-state index contributed by atoms with van der Waals surface area (Å²) in [6, 6.07) is 6.84. The average Bonchev–Trinajstić information content (AvgIpc) is 2.31. The fourth-order valence-corrected chi connectivity index (χ4v) is 1.41. The van der Waals surface area contributed by atoms with Gasteiger partial charge in [0.1, 0.15) is 6.33 Å². The van der Waals surface area contributed by atoms with Crippen molar-refractivity contribution in [3.05, 3.63) is 46.1 Å². The van der Waals surface area contributed by atoms with Gasteiger partial charge >= 0.3 is 5.69 Å². The van der Waals surface area contributed by atoms with Crippen LogP contribution in [0.1, 0.15) is 0 Å². The number of halogens is 1. The van der Waals surface area contributed by atoms with Gasteiger partial charge in [-0.2, -0.15) is 4.98 Å². The highest BCUT2D eigenvalue weighted by atomic mass is 35.5. The van der Waals surface area contributed by atoms with Crippen LogP contribution in [0.4, 0.5) is 5.95 Å². The quantitative estimate of drug-likeness (QED) is 0.791. The van der Waals surface area contributed by atoms with Crippen LogP contribution in [0.2, 0.25) is 5.02 Å². The minimum absolute atomic E-state index is 0.225. The molecule has 2 rings (SSSR count). The van der Waals surface area contributed by atoms with Crippen LogP contribution >= 0.6 is 11.6 Å². The smallest absolute Gasteiger partial charge is 0.290 e. The number of nitrogens with zero attached hydrogens (tertiary/aromatic N) is 3. The minimum atomic E-state index is -0.417. The van der Waals surface area contributed by atoms with Crippen LogP contribution in [0.15, 0.2) is 35.4 Å². The average molecular weight is 252 g/mol. The molecule has 0 bridgehead atoms. The van der Waals surface area contributed by atoms with Crippen molar-refractivity contribution in [3.63, 3.8) is 0 Å². The summed E-state index contributed by atoms with van der Waals surface area (Å²) in [6.07, 6.45) is 1.40. The topological polar surface area (TPSA) is 71.8 Å². The molecule has 0 aliphatic carbocycles. The second-order valence-electron chi connectivity index (χ2n) is 3.18. The highest BCUT2D eigenvalue weighted by Gasteiger charge is 2.02. The van der Waals surface area contributed by atoms with Crippen molar-refractivity contribution in [2.24, 2.45) is 0 Å². The maximum absolute atomic E-state index is 11.7. The molecule has 0 aliphatic heterocycles. The molecule has 1 aromatic heterocycles. The molecule has 0 saturated carbocycles. The number of benzene rings is 1. The molecule has 1 heterocycles. The van der Waals surface area contributed by atoms with Gasteiger partial charge in [-0.1, -0.05) is 11.6 Å². The number of anilines is 1. The summed E-state index contributed by atoms with van der Waals surface area (Å²) in [6.45, 7) is 0. The molecule has 0 saturated heterocycles. The lowest BCUT2D eigenvalue weighted by atomic mass is 10.3. The monoisotopic (exact) mass is 251 g/mol. The van der Waals surface area contributed by atoms with Gasteiger partial charge in [0.15, 0.2) is 0 Å². The zero-order chi connectivity index (χ0) is 12.3. The summed E-state index contributed by atoms with van der Waals surface area (Å²) in [5.41, 5.74) is 5.51. The number of hydrogen-bond donors (Lipinski definition) is 2. The predicted octanol–water partition coefficient (Wildman–Crippen LogP) is 0.827. The van der Waals surface area contributed by atoms with Gasteiger partial charge in [0.25, 0.3) is 0 Å². The maximum atomic E-state index is 11.7. The van der Waals surface area contributed by atoms with Gasteiger partial charge in [0, 0.05) is 12.1 Å². The Morgan fingerprint density at radius 1 is 1.29 bits per heavy atom. The molecule has 0 atom stereocenters. The number of nitrogens with one attached hydrogen (secondary N) is 2. The molecule has 0 radical (unpaired) electrons. The standard InChI is InChI=1S/C10H10ClN5O/c1-12-15-9-13-6-16(10(17)14-9)8-4-2-7(11)3-5-8/h2-6,12H,1H3,(H,14,15,17). The van der Waals surface area contributed by atoms with E-state index in [-0.39, 0.29) is 5.95 Å². The highest BCUT2D eigenvalue weighted by Crippen LogP contribution is 2.11. The largest absolute Gasteiger partial charge is 0.356 e. The lowest BCUT2D eigenvalue weighted by molar-refractivity contribution is 0.836. The third kappa shape index (κ3) is 2.61. The van der Waals surface area contributed by atoms with E-state index < -0.39 is 5.69 Å². The third-order valence-corrected chi connectivity index (χ3v) is 2.30. The fraction of sp³-hybridized carbons (Fsp3) is 0.100. The van der Waals surface area contributed by atoms with E-state index in [1.54, 1.807) is 31.3 Å². The predicted molar refractivity (Wildman–Crippen MR) is 65.3 cm³/mol. The van der Waals surface area contributed by atoms with Crippen molar-refractivity contribution in [2.45, 2.75) is 0 Å². The van der Waals surface area contributed by atoms with Crippen LogP contribution in [-0.4, -0.2) is 21.6 Å². The van der Waals surface area contributed by atoms with Crippen molar-refractivity contribution >= 4 is 17.5 Å². The lowest BCUT2D eigenvalue weighted by Crippen LogP contribution is -2.26. The molecule has 0 amide bonds. The Morgan fingerprint density at radius 2 is 2.00 bits per heavy atom. The van der Waals surface area contributed by atoms with Crippen LogP contribution in [0.3, 0.4) is 0 Å². The van der Waals surface area contributed by atoms with Crippen molar-refractivity contribution < 1.29 is 0 Å². The normalized spacial score (nSPS) is 10.2. The van der Waals surface area contributed by atoms with Gasteiger partial charge in [0.05, 0.1) is 5.69 Å². The summed E-state index contributed by atoms with van der Waals surface area (Å²) >= 11 is 5.77. The SMILES string of the molecule is CNNc1ncn(-c2ccc(Cl)cc2)c(=O)n1. The Labute approximate surface area is 102 Å². The van der Waals surface area contributed by atoms with Crippen LogP contribution < -0.4 is 16.5 Å². The highest BCUT2D eigenvalue weighted by molar-refractivity contribution is 6.30. The van der Waals surface area contributed by atoms with Crippen molar-refractivity contribution in [2.75, 3.05) is 12.5 Å². The zero-order valence-electron chi connectivity index (χ0n) is 9.01. The van der Waals surface area contributed by atoms with Crippen LogP contribution in [0, 0.1) is 0 Å². The Balaban J connectivity index is 2.40. The van der Waals surface area contributed by atoms with E-state index in [0.717, 1.165) is 0 Å². The van der Waals surface area contributed by atoms with E-state index in [1.807, 2.05) is 0 Å². The number of hydrazine groups is 1. The lowest BCUT2D eigenvalue weighted by Gasteiger charge is -2.06. The molecule has 1 aromatic carbocycles. The first-order valence-corrected chi connectivity index (χ1v) is 5.23. The summed E-state index contributed by atoms with van der Waals surface area (Å²) in [5.74, 6) is 0.225. The first-order valence-electron chi connectivity index (χ1n) is 4.85. The first kappa shape index (κ1) is 11.6. The zero-order valence-corrected chi connectivity index (χ0v) is 9.77. The number of rotatable bonds is 3. The second kappa shape index (κ2) is 4.94. The van der Waals surface area contributed by atoms with Gasteiger partial charge < -0.3 is 0 Å². The van der Waals surface area contributed by atoms with Gasteiger partial charge in [-0.3, -0.25) is 9.99 Å². The molecule has 0 spiro atoms. The molecule has 0 fully saturated rings. The summed E-state index contributed by atoms with van der Waals surface area (Å²) < 4.78 is 1.33. The molecule has 17 heavy (non-hydrogen) atoms. The van der Waals surface area contributed by atoms with E-state index in [9.17, 15) is 4.79 Å². The van der Waals surface area contributed by atoms with Crippen LogP contribution in [0.25, 0.3) is 5.69 Å². The first-order chi connectivity index (χ1) is 8.20. The number of aromatic nitrogens is 3. The van der Waals surface area contributed by atoms with Crippen LogP contribution in [-0.2, 0) is 0 Å². The summed E-state index contributed by atoms with van der Waals surface area (Å²) in [5, 5.41) is 0.608. The van der Waals surface area contributed by atoms with E-state index in [4.69, 9.17) is 11.6 Å². The van der Waals surface area contributed by atoms with E-state index in [2.05, 4.69) is 20.8 Å². The molecule has 88 valence electrons. The molecule has 0 unspecified atom stereocenters. The van der Waals surface area contributed by atoms with Gasteiger partial charge in [0.2, 0.25) is 5.95 Å². The molecule has 2 N–H and O–H groups in total. The summed E-state index contributed by atoms with van der Waals surface area (Å²) in [7, 11) is 1.66. The van der Waals surface area contributed by atoms with Gasteiger partial charge in [-0.25, -0.2) is 15.2 Å². The molecule has 7 heteroatoms. The van der Waals surface area contributed by atoms with E-state index in [1.165, 1.54) is 10.9 Å². The Hall–Kier alpha value is -1.92. The van der Waals surface area contributed by atoms with E-state index in [0.29, 0.717) is 10.7 Å². The maximum Gasteiger partial charge on any atom is 0.356 e. The molecular weight excluding hydrogens is 242 g/mol. The molecule has 2 aromatic rings. The van der Waals surface area contributed by atoms with Gasteiger partial charge in [-0.15, -0.1) is 0 Å². The third-order valence-electron chi connectivity index (χ3n) is 2.04. The van der Waals surface area contributed by atoms with Crippen LogP contribution in [0.5, 0.6) is 0 Å². The Morgan fingerprint density at radius 3 is 2.59 bits per heavy atom. The van der Waals surface area contributed by atoms with Gasteiger partial charge in [-0.05, 0) is 24.3 Å². The molecular formula is C10H10ClN5O. The van der Waals surface area contributed by atoms with Crippen molar-refractivity contribution in [3.8, 4) is 5.69 Å². The summed E-state index contributed by atoms with van der Waals surface area (Å²) in [4.78, 5) is 19.4. The molecule has 0 aliphatic rings. The number of hydrogen-bond acceptors (Lipinski definition) is 5. The Bertz CT molecular complexity index is 566. The Kier molecular flexibility index (Phi) is 3.36. The van der Waals surface area contributed by atoms with E-state index >= 15 is 0 Å². The second-order valence-corrected chi connectivity index (χ2v) is 3.62.